The molecule has 0 atom stereocenters. The first-order valence-corrected chi connectivity index (χ1v) is 11.8. The molecule has 1 fully saturated rings. The molecule has 1 saturated carbocycles. The average Bonchev–Trinajstić information content (AvgIpc) is 3.26. The van der Waals surface area contributed by atoms with Gasteiger partial charge in [0.2, 0.25) is 0 Å². The van der Waals surface area contributed by atoms with Crippen LogP contribution in [0.2, 0.25) is 0 Å². The number of hydrogen-bond donors (Lipinski definition) is 3. The number of aliphatic hydroxyl groups excluding tert-OH is 1. The zero-order valence-electron chi connectivity index (χ0n) is 19.2. The van der Waals surface area contributed by atoms with Crippen LogP contribution in [-0.2, 0) is 12.1 Å². The molecule has 174 valence electrons. The summed E-state index contributed by atoms with van der Waals surface area (Å²) in [5.41, 5.74) is 19.5. The van der Waals surface area contributed by atoms with Crippen molar-refractivity contribution in [3.05, 3.63) is 90.1 Å². The molecule has 0 radical (unpaired) electrons. The van der Waals surface area contributed by atoms with E-state index in [9.17, 15) is 5.11 Å². The fraction of sp³-hybridized carbons (Fsp3) is 0.179. The van der Waals surface area contributed by atoms with Crippen LogP contribution in [0.3, 0.4) is 0 Å². The van der Waals surface area contributed by atoms with Gasteiger partial charge in [0.1, 0.15) is 11.3 Å². The summed E-state index contributed by atoms with van der Waals surface area (Å²) in [7, 11) is 0. The molecule has 35 heavy (non-hydrogen) atoms. The van der Waals surface area contributed by atoms with E-state index in [0.717, 1.165) is 57.6 Å². The molecule has 0 saturated heterocycles. The Bertz CT molecular complexity index is 1520. The molecule has 1 aliphatic rings. The molecule has 1 aliphatic carbocycles. The van der Waals surface area contributed by atoms with Gasteiger partial charge in [-0.2, -0.15) is 0 Å². The number of fused-ring (bicyclic) bond motifs is 1. The van der Waals surface area contributed by atoms with Gasteiger partial charge in [-0.1, -0.05) is 36.4 Å². The van der Waals surface area contributed by atoms with Crippen LogP contribution >= 0.6 is 0 Å². The fourth-order valence-electron chi connectivity index (χ4n) is 4.72. The Hall–Kier alpha value is -4.07. The Labute approximate surface area is 203 Å². The summed E-state index contributed by atoms with van der Waals surface area (Å²) >= 11 is 0. The molecule has 7 nitrogen and oxygen atoms in total. The summed E-state index contributed by atoms with van der Waals surface area (Å²) in [6.07, 6.45) is 4.86. The van der Waals surface area contributed by atoms with E-state index >= 15 is 0 Å². The van der Waals surface area contributed by atoms with Crippen LogP contribution in [0.4, 0.5) is 5.82 Å². The third-order valence-corrected chi connectivity index (χ3v) is 6.96. The summed E-state index contributed by atoms with van der Waals surface area (Å²) < 4.78 is 2.03. The molecule has 0 aliphatic heterocycles. The Balaban J connectivity index is 1.54. The Morgan fingerprint density at radius 3 is 2.34 bits per heavy atom. The zero-order valence-corrected chi connectivity index (χ0v) is 19.2. The number of anilines is 1. The molecule has 3 heterocycles. The lowest BCUT2D eigenvalue weighted by molar-refractivity contribution is 0.253. The van der Waals surface area contributed by atoms with Crippen molar-refractivity contribution < 1.29 is 5.11 Å². The van der Waals surface area contributed by atoms with Gasteiger partial charge < -0.3 is 16.6 Å². The number of nitrogens with two attached hydrogens (primary N) is 2. The second-order valence-electron chi connectivity index (χ2n) is 9.16. The van der Waals surface area contributed by atoms with Crippen molar-refractivity contribution in [2.24, 2.45) is 5.73 Å². The van der Waals surface area contributed by atoms with Crippen molar-refractivity contribution in [3.8, 4) is 28.3 Å². The van der Waals surface area contributed by atoms with E-state index in [4.69, 9.17) is 21.4 Å². The Morgan fingerprint density at radius 2 is 1.69 bits per heavy atom. The molecule has 0 unspecified atom stereocenters. The first kappa shape index (κ1) is 21.5. The largest absolute Gasteiger partial charge is 0.392 e. The van der Waals surface area contributed by atoms with E-state index in [0.29, 0.717) is 11.6 Å². The number of nitrogens with zero attached hydrogens (tertiary/aromatic N) is 4. The molecule has 0 amide bonds. The van der Waals surface area contributed by atoms with Gasteiger partial charge in [0, 0.05) is 23.0 Å². The van der Waals surface area contributed by atoms with Crippen LogP contribution in [0.15, 0.2) is 79.0 Å². The minimum atomic E-state index is -0.224. The van der Waals surface area contributed by atoms with Gasteiger partial charge >= 0.3 is 0 Å². The zero-order chi connectivity index (χ0) is 24.0. The van der Waals surface area contributed by atoms with E-state index in [1.54, 1.807) is 6.20 Å². The molecule has 3 aromatic heterocycles. The Morgan fingerprint density at radius 1 is 0.914 bits per heavy atom. The molecule has 5 aromatic rings. The lowest BCUT2D eigenvalue weighted by Crippen LogP contribution is -2.43. The van der Waals surface area contributed by atoms with Gasteiger partial charge in [-0.15, -0.1) is 0 Å². The summed E-state index contributed by atoms with van der Waals surface area (Å²) in [6.45, 7) is 0.00941. The van der Waals surface area contributed by atoms with Crippen molar-refractivity contribution in [2.75, 3.05) is 5.73 Å². The summed E-state index contributed by atoms with van der Waals surface area (Å²) in [6, 6.07) is 23.8. The van der Waals surface area contributed by atoms with E-state index in [1.165, 1.54) is 6.42 Å². The second kappa shape index (κ2) is 8.30. The summed E-state index contributed by atoms with van der Waals surface area (Å²) in [4.78, 5) is 14.2. The number of rotatable bonds is 5. The minimum absolute atomic E-state index is 0.00941. The minimum Gasteiger partial charge on any atom is -0.392 e. The highest BCUT2D eigenvalue weighted by Crippen LogP contribution is 2.39. The highest BCUT2D eigenvalue weighted by Gasteiger charge is 2.34. The summed E-state index contributed by atoms with van der Waals surface area (Å²) in [5, 5.41) is 9.38. The van der Waals surface area contributed by atoms with Crippen LogP contribution in [-0.4, -0.2) is 24.6 Å². The number of imidazole rings is 1. The number of aliphatic hydroxyl groups is 1. The van der Waals surface area contributed by atoms with Gasteiger partial charge in [0.25, 0.3) is 0 Å². The van der Waals surface area contributed by atoms with Gasteiger partial charge in [0.05, 0.1) is 17.9 Å². The van der Waals surface area contributed by atoms with Crippen LogP contribution in [0, 0.1) is 0 Å². The normalized spacial score (nSPS) is 14.7. The van der Waals surface area contributed by atoms with Crippen molar-refractivity contribution in [2.45, 2.75) is 31.4 Å². The number of hydrogen-bond acceptors (Lipinski definition) is 6. The number of benzene rings is 2. The van der Waals surface area contributed by atoms with Gasteiger partial charge in [-0.05, 0) is 66.8 Å². The van der Waals surface area contributed by atoms with Gasteiger partial charge in [-0.25, -0.2) is 15.0 Å². The lowest BCUT2D eigenvalue weighted by atomic mass is 9.73. The van der Waals surface area contributed by atoms with Crippen LogP contribution in [0.5, 0.6) is 0 Å². The summed E-state index contributed by atoms with van der Waals surface area (Å²) in [5.74, 6) is 1.10. The van der Waals surface area contributed by atoms with Crippen molar-refractivity contribution in [1.82, 2.24) is 19.5 Å². The van der Waals surface area contributed by atoms with Crippen molar-refractivity contribution in [1.29, 1.82) is 0 Å². The molecule has 0 bridgehead atoms. The maximum Gasteiger partial charge on any atom is 0.165 e. The standard InChI is InChI=1S/C28H26N6O/c29-25-22(3-1-16-31-25)26-33-24-13-12-23(19-6-4-18(17-35)5-7-19)32-27(24)34(26)21-10-8-20(9-11-21)28(30)14-2-15-28/h1,3-13,16,35H,2,14-15,17,30H2,(H2,29,31). The number of aromatic nitrogens is 4. The second-order valence-corrected chi connectivity index (χ2v) is 9.16. The average molecular weight is 463 g/mol. The topological polar surface area (TPSA) is 116 Å². The van der Waals surface area contributed by atoms with Crippen LogP contribution in [0.1, 0.15) is 30.4 Å². The monoisotopic (exact) mass is 462 g/mol. The fourth-order valence-corrected chi connectivity index (χ4v) is 4.72. The smallest absolute Gasteiger partial charge is 0.165 e. The molecule has 7 heteroatoms. The predicted octanol–water partition coefficient (Wildman–Crippen LogP) is 4.56. The van der Waals surface area contributed by atoms with E-state index in [1.807, 2.05) is 53.1 Å². The SMILES string of the molecule is Nc1ncccc1-c1nc2ccc(-c3ccc(CO)cc3)nc2n1-c1ccc(C2(N)CCC2)cc1. The molecule has 2 aromatic carbocycles. The van der Waals surface area contributed by atoms with Crippen LogP contribution < -0.4 is 11.5 Å². The van der Waals surface area contributed by atoms with Gasteiger partial charge in [0.15, 0.2) is 11.5 Å². The van der Waals surface area contributed by atoms with Crippen molar-refractivity contribution >= 4 is 17.0 Å². The first-order valence-electron chi connectivity index (χ1n) is 11.8. The van der Waals surface area contributed by atoms with E-state index in [-0.39, 0.29) is 12.1 Å². The van der Waals surface area contributed by atoms with E-state index in [2.05, 4.69) is 29.2 Å². The van der Waals surface area contributed by atoms with Gasteiger partial charge in [-0.3, -0.25) is 4.57 Å². The third-order valence-electron chi connectivity index (χ3n) is 6.96. The third kappa shape index (κ3) is 3.65. The molecule has 0 spiro atoms. The molecule has 6 rings (SSSR count). The highest BCUT2D eigenvalue weighted by atomic mass is 16.3. The maximum atomic E-state index is 9.38. The molecular formula is C28H26N6O. The number of pyridine rings is 2. The maximum absolute atomic E-state index is 9.38. The quantitative estimate of drug-likeness (QED) is 0.353. The van der Waals surface area contributed by atoms with Crippen molar-refractivity contribution in [3.63, 3.8) is 0 Å². The molecule has 5 N–H and O–H groups in total. The lowest BCUT2D eigenvalue weighted by Gasteiger charge is -2.38. The van der Waals surface area contributed by atoms with Crippen LogP contribution in [0.25, 0.3) is 39.5 Å². The highest BCUT2D eigenvalue weighted by molar-refractivity contribution is 5.84. The Kier molecular flexibility index (Phi) is 5.09. The molecular weight excluding hydrogens is 436 g/mol. The predicted molar refractivity (Wildman–Crippen MR) is 138 cm³/mol. The van der Waals surface area contributed by atoms with E-state index < -0.39 is 0 Å². The number of nitrogen functional groups attached to an aromatic ring is 1. The first-order chi connectivity index (χ1) is 17.1.